The van der Waals surface area contributed by atoms with Gasteiger partial charge in [0.25, 0.3) is 0 Å². The van der Waals surface area contributed by atoms with E-state index in [4.69, 9.17) is 17.3 Å². The molecule has 0 fully saturated rings. The quantitative estimate of drug-likeness (QED) is 0.811. The molecule has 1 atom stereocenters. The van der Waals surface area contributed by atoms with Crippen LogP contribution in [0.15, 0.2) is 42.5 Å². The van der Waals surface area contributed by atoms with E-state index in [0.29, 0.717) is 10.7 Å². The van der Waals surface area contributed by atoms with E-state index in [-0.39, 0.29) is 11.3 Å². The summed E-state index contributed by atoms with van der Waals surface area (Å²) in [5, 5.41) is 13.1. The van der Waals surface area contributed by atoms with Crippen molar-refractivity contribution in [3.05, 3.63) is 58.9 Å². The van der Waals surface area contributed by atoms with Crippen LogP contribution < -0.4 is 11.1 Å². The third kappa shape index (κ3) is 3.19. The minimum atomic E-state index is -1.05. The van der Waals surface area contributed by atoms with Crippen LogP contribution in [0.4, 0.5) is 10.1 Å². The van der Waals surface area contributed by atoms with Gasteiger partial charge >= 0.3 is 0 Å². The average Bonchev–Trinajstić information content (AvgIpc) is 2.41. The molecule has 0 aliphatic carbocycles. The molecule has 0 aromatic heterocycles. The summed E-state index contributed by atoms with van der Waals surface area (Å²) >= 11 is 5.76. The molecule has 0 bridgehead atoms. The zero-order valence-corrected chi connectivity index (χ0v) is 11.1. The number of rotatable bonds is 4. The average molecular weight is 295 g/mol. The molecule has 0 spiro atoms. The summed E-state index contributed by atoms with van der Waals surface area (Å²) in [6, 6.07) is 8.84. The molecule has 2 rings (SSSR count). The SMILES string of the molecule is NC(=O)C(Nc1ccc(Cl)cc1)c1cc(F)ccc1O. The number of carbonyl (C=O) groups excluding carboxylic acids is 1. The lowest BCUT2D eigenvalue weighted by molar-refractivity contribution is -0.118. The predicted molar refractivity (Wildman–Crippen MR) is 75.1 cm³/mol. The fraction of sp³-hybridized carbons (Fsp3) is 0.0714. The first-order valence-electron chi connectivity index (χ1n) is 5.77. The number of carbonyl (C=O) groups is 1. The van der Waals surface area contributed by atoms with Gasteiger partial charge in [-0.25, -0.2) is 4.39 Å². The van der Waals surface area contributed by atoms with Crippen molar-refractivity contribution in [3.63, 3.8) is 0 Å². The second-order valence-electron chi connectivity index (χ2n) is 4.19. The summed E-state index contributed by atoms with van der Waals surface area (Å²) in [4.78, 5) is 11.5. The normalized spacial score (nSPS) is 11.9. The van der Waals surface area contributed by atoms with Gasteiger partial charge in [-0.3, -0.25) is 4.79 Å². The lowest BCUT2D eigenvalue weighted by atomic mass is 10.0. The van der Waals surface area contributed by atoms with Crippen molar-refractivity contribution in [2.45, 2.75) is 6.04 Å². The van der Waals surface area contributed by atoms with E-state index < -0.39 is 17.8 Å². The van der Waals surface area contributed by atoms with Gasteiger partial charge in [-0.15, -0.1) is 0 Å². The number of nitrogens with two attached hydrogens (primary N) is 1. The van der Waals surface area contributed by atoms with Gasteiger partial charge in [-0.1, -0.05) is 11.6 Å². The van der Waals surface area contributed by atoms with E-state index in [1.165, 1.54) is 6.07 Å². The van der Waals surface area contributed by atoms with Crippen LogP contribution in [0.5, 0.6) is 5.75 Å². The van der Waals surface area contributed by atoms with Gasteiger partial charge in [0.15, 0.2) is 0 Å². The summed E-state index contributed by atoms with van der Waals surface area (Å²) < 4.78 is 13.3. The minimum Gasteiger partial charge on any atom is -0.508 e. The number of phenols is 1. The fourth-order valence-corrected chi connectivity index (χ4v) is 1.90. The highest BCUT2D eigenvalue weighted by atomic mass is 35.5. The molecule has 1 unspecified atom stereocenters. The molecule has 2 aromatic rings. The number of phenolic OH excluding ortho intramolecular Hbond substituents is 1. The fourth-order valence-electron chi connectivity index (χ4n) is 1.77. The van der Waals surface area contributed by atoms with Gasteiger partial charge in [-0.05, 0) is 42.5 Å². The van der Waals surface area contributed by atoms with Gasteiger partial charge in [-0.2, -0.15) is 0 Å². The molecule has 20 heavy (non-hydrogen) atoms. The highest BCUT2D eigenvalue weighted by molar-refractivity contribution is 6.30. The van der Waals surface area contributed by atoms with Crippen molar-refractivity contribution in [2.75, 3.05) is 5.32 Å². The molecule has 104 valence electrons. The van der Waals surface area contributed by atoms with Crippen molar-refractivity contribution in [1.82, 2.24) is 0 Å². The Labute approximate surface area is 120 Å². The van der Waals surface area contributed by atoms with E-state index >= 15 is 0 Å². The Morgan fingerprint density at radius 1 is 1.25 bits per heavy atom. The third-order valence-electron chi connectivity index (χ3n) is 2.74. The van der Waals surface area contributed by atoms with Crippen molar-refractivity contribution in [3.8, 4) is 5.75 Å². The first-order valence-corrected chi connectivity index (χ1v) is 6.15. The van der Waals surface area contributed by atoms with Crippen molar-refractivity contribution in [1.29, 1.82) is 0 Å². The van der Waals surface area contributed by atoms with Gasteiger partial charge in [0.2, 0.25) is 5.91 Å². The second-order valence-corrected chi connectivity index (χ2v) is 4.63. The van der Waals surface area contributed by atoms with Crippen molar-refractivity contribution >= 4 is 23.2 Å². The van der Waals surface area contributed by atoms with E-state index in [0.717, 1.165) is 12.1 Å². The highest BCUT2D eigenvalue weighted by Gasteiger charge is 2.21. The molecule has 4 nitrogen and oxygen atoms in total. The molecule has 0 radical (unpaired) electrons. The number of halogens is 2. The Kier molecular flexibility index (Phi) is 4.10. The standard InChI is InChI=1S/C14H12ClFN2O2/c15-8-1-4-10(5-2-8)18-13(14(17)20)11-7-9(16)3-6-12(11)19/h1-7,13,18-19H,(H2,17,20). The highest BCUT2D eigenvalue weighted by Crippen LogP contribution is 2.28. The minimum absolute atomic E-state index is 0.0763. The molecule has 1 amide bonds. The Morgan fingerprint density at radius 3 is 2.50 bits per heavy atom. The molecule has 0 saturated heterocycles. The van der Waals surface area contributed by atoms with Crippen LogP contribution in [0, 0.1) is 5.82 Å². The Bertz CT molecular complexity index is 632. The Hall–Kier alpha value is -2.27. The van der Waals surface area contributed by atoms with E-state index in [1.54, 1.807) is 24.3 Å². The maximum atomic E-state index is 13.3. The maximum Gasteiger partial charge on any atom is 0.244 e. The second kappa shape index (κ2) is 5.79. The molecule has 0 heterocycles. The van der Waals surface area contributed by atoms with E-state index in [9.17, 15) is 14.3 Å². The first kappa shape index (κ1) is 14.1. The lowest BCUT2D eigenvalue weighted by Gasteiger charge is -2.18. The monoisotopic (exact) mass is 294 g/mol. The van der Waals surface area contributed by atoms with Crippen LogP contribution in [0.3, 0.4) is 0 Å². The third-order valence-corrected chi connectivity index (χ3v) is 2.99. The van der Waals surface area contributed by atoms with Crippen LogP contribution in [0.1, 0.15) is 11.6 Å². The van der Waals surface area contributed by atoms with Crippen LogP contribution in [0.2, 0.25) is 5.02 Å². The van der Waals surface area contributed by atoms with Gasteiger partial charge in [0.05, 0.1) is 0 Å². The number of primary amides is 1. The number of anilines is 1. The van der Waals surface area contributed by atoms with Crippen LogP contribution in [-0.2, 0) is 4.79 Å². The zero-order chi connectivity index (χ0) is 14.7. The summed E-state index contributed by atoms with van der Waals surface area (Å²) in [5.41, 5.74) is 5.95. The number of aromatic hydroxyl groups is 1. The van der Waals surface area contributed by atoms with Gasteiger partial charge in [0.1, 0.15) is 17.6 Å². The maximum absolute atomic E-state index is 13.3. The van der Waals surface area contributed by atoms with Crippen molar-refractivity contribution in [2.24, 2.45) is 5.73 Å². The van der Waals surface area contributed by atoms with E-state index in [2.05, 4.69) is 5.32 Å². The van der Waals surface area contributed by atoms with Gasteiger partial charge in [0, 0.05) is 16.3 Å². The number of benzene rings is 2. The summed E-state index contributed by atoms with van der Waals surface area (Å²) in [6.07, 6.45) is 0. The molecule has 0 aliphatic rings. The number of nitrogens with one attached hydrogen (secondary N) is 1. The number of hydrogen-bond donors (Lipinski definition) is 3. The predicted octanol–water partition coefficient (Wildman–Crippen LogP) is 2.82. The Morgan fingerprint density at radius 2 is 1.90 bits per heavy atom. The molecule has 6 heteroatoms. The topological polar surface area (TPSA) is 75.4 Å². The molecular weight excluding hydrogens is 283 g/mol. The molecular formula is C14H12ClFN2O2. The summed E-state index contributed by atoms with van der Waals surface area (Å²) in [6.45, 7) is 0. The van der Waals surface area contributed by atoms with E-state index in [1.807, 2.05) is 0 Å². The van der Waals surface area contributed by atoms with Gasteiger partial charge < -0.3 is 16.2 Å². The van der Waals surface area contributed by atoms with Crippen LogP contribution >= 0.6 is 11.6 Å². The number of hydrogen-bond acceptors (Lipinski definition) is 3. The molecule has 0 saturated carbocycles. The first-order chi connectivity index (χ1) is 9.47. The summed E-state index contributed by atoms with van der Waals surface area (Å²) in [7, 11) is 0. The van der Waals surface area contributed by atoms with Crippen LogP contribution in [-0.4, -0.2) is 11.0 Å². The van der Waals surface area contributed by atoms with Crippen LogP contribution in [0.25, 0.3) is 0 Å². The zero-order valence-electron chi connectivity index (χ0n) is 10.3. The summed E-state index contributed by atoms with van der Waals surface area (Å²) in [5.74, 6) is -1.51. The smallest absolute Gasteiger partial charge is 0.244 e. The molecule has 4 N–H and O–H groups in total. The Balaban J connectivity index is 2.34. The number of amides is 1. The molecule has 0 aliphatic heterocycles. The van der Waals surface area contributed by atoms with Crippen molar-refractivity contribution < 1.29 is 14.3 Å². The largest absolute Gasteiger partial charge is 0.508 e. The lowest BCUT2D eigenvalue weighted by Crippen LogP contribution is -2.27. The molecule has 2 aromatic carbocycles.